The third kappa shape index (κ3) is 7.40. The Bertz CT molecular complexity index is 33.0. The molecule has 0 amide bonds. The Morgan fingerprint density at radius 1 is 0.875 bits per heavy atom. The molecule has 0 nitrogen and oxygen atoms in total. The molecule has 0 heterocycles. The molecule has 0 aliphatic rings. The summed E-state index contributed by atoms with van der Waals surface area (Å²) in [5, 5.41) is 0. The molecule has 0 spiro atoms. The van der Waals surface area contributed by atoms with Crippen molar-refractivity contribution in [3.63, 3.8) is 0 Å². The lowest BCUT2D eigenvalue weighted by molar-refractivity contribution is 1.57. The van der Waals surface area contributed by atoms with Crippen molar-refractivity contribution in [1.29, 1.82) is 0 Å². The van der Waals surface area contributed by atoms with Gasteiger partial charge in [0.15, 0.2) is 0 Å². The SMILES string of the molecule is SCCSSCCS. The molecule has 0 rings (SSSR count). The summed E-state index contributed by atoms with van der Waals surface area (Å²) in [6.45, 7) is 0. The number of hydrogen-bond acceptors (Lipinski definition) is 4. The molecule has 0 aromatic rings. The lowest BCUT2D eigenvalue weighted by Crippen LogP contribution is -1.77. The third-order valence-corrected chi connectivity index (χ3v) is 3.89. The van der Waals surface area contributed by atoms with Gasteiger partial charge in [0.1, 0.15) is 0 Å². The van der Waals surface area contributed by atoms with E-state index in [4.69, 9.17) is 0 Å². The van der Waals surface area contributed by atoms with E-state index in [1.165, 1.54) is 0 Å². The van der Waals surface area contributed by atoms with Gasteiger partial charge in [-0.2, -0.15) is 25.3 Å². The predicted octanol–water partition coefficient (Wildman–Crippen LogP) is 2.23. The van der Waals surface area contributed by atoms with Crippen LogP contribution in [0.15, 0.2) is 0 Å². The van der Waals surface area contributed by atoms with Crippen LogP contribution in [-0.4, -0.2) is 23.0 Å². The summed E-state index contributed by atoms with van der Waals surface area (Å²) in [5.41, 5.74) is 0. The zero-order valence-corrected chi connectivity index (χ0v) is 7.96. The maximum absolute atomic E-state index is 4.07. The van der Waals surface area contributed by atoms with Crippen LogP contribution in [0.1, 0.15) is 0 Å². The highest BCUT2D eigenvalue weighted by Crippen LogP contribution is 2.20. The van der Waals surface area contributed by atoms with Gasteiger partial charge in [-0.1, -0.05) is 21.6 Å². The standard InChI is InChI=1S/C4H10S4/c5-1-3-7-8-4-2-6/h5-6H,1-4H2. The first-order valence-electron chi connectivity index (χ1n) is 2.38. The maximum Gasteiger partial charge on any atom is 0.0125 e. The molecule has 0 aromatic carbocycles. The first-order chi connectivity index (χ1) is 3.91. The molecule has 0 aliphatic carbocycles. The second kappa shape index (κ2) is 8.40. The fourth-order valence-corrected chi connectivity index (χ4v) is 3.07. The van der Waals surface area contributed by atoms with Gasteiger partial charge in [-0.25, -0.2) is 0 Å². The molecule has 0 saturated carbocycles. The Kier molecular flexibility index (Phi) is 9.87. The summed E-state index contributed by atoms with van der Waals surface area (Å²) in [5.74, 6) is 4.23. The highest BCUT2D eigenvalue weighted by atomic mass is 33.1. The molecule has 0 saturated heterocycles. The van der Waals surface area contributed by atoms with Crippen molar-refractivity contribution in [1.82, 2.24) is 0 Å². The summed E-state index contributed by atoms with van der Waals surface area (Å²) in [6, 6.07) is 0. The molecule has 0 radical (unpaired) electrons. The van der Waals surface area contributed by atoms with Gasteiger partial charge in [-0.3, -0.25) is 0 Å². The zero-order chi connectivity index (χ0) is 6.24. The molecule has 0 aliphatic heterocycles. The first-order valence-corrected chi connectivity index (χ1v) is 6.13. The van der Waals surface area contributed by atoms with Crippen LogP contribution in [0, 0.1) is 0 Å². The van der Waals surface area contributed by atoms with E-state index >= 15 is 0 Å². The smallest absolute Gasteiger partial charge is 0.0125 e. The lowest BCUT2D eigenvalue weighted by atomic mass is 11.0. The Labute approximate surface area is 69.8 Å². The van der Waals surface area contributed by atoms with Crippen molar-refractivity contribution in [2.24, 2.45) is 0 Å². The summed E-state index contributed by atoms with van der Waals surface area (Å²) in [7, 11) is 3.74. The average Bonchev–Trinajstić information content (AvgIpc) is 1.81. The van der Waals surface area contributed by atoms with E-state index in [-0.39, 0.29) is 0 Å². The molecular weight excluding hydrogens is 176 g/mol. The van der Waals surface area contributed by atoms with E-state index in [1.807, 2.05) is 21.6 Å². The van der Waals surface area contributed by atoms with Gasteiger partial charge >= 0.3 is 0 Å². The van der Waals surface area contributed by atoms with Crippen LogP contribution in [-0.2, 0) is 0 Å². The Morgan fingerprint density at radius 2 is 1.25 bits per heavy atom. The van der Waals surface area contributed by atoms with Gasteiger partial charge in [-0.05, 0) is 0 Å². The number of rotatable bonds is 5. The van der Waals surface area contributed by atoms with Crippen molar-refractivity contribution >= 4 is 46.8 Å². The Morgan fingerprint density at radius 3 is 1.50 bits per heavy atom. The van der Waals surface area contributed by atoms with Crippen LogP contribution in [0.4, 0.5) is 0 Å². The molecule has 8 heavy (non-hydrogen) atoms. The summed E-state index contributed by atoms with van der Waals surface area (Å²) < 4.78 is 0. The molecule has 50 valence electrons. The fraction of sp³-hybridized carbons (Fsp3) is 1.00. The molecule has 0 bridgehead atoms. The minimum atomic E-state index is 0.976. The van der Waals surface area contributed by atoms with Crippen LogP contribution < -0.4 is 0 Å². The number of hydrogen-bond donors (Lipinski definition) is 2. The van der Waals surface area contributed by atoms with E-state index in [9.17, 15) is 0 Å². The zero-order valence-electron chi connectivity index (χ0n) is 4.54. The monoisotopic (exact) mass is 186 g/mol. The largest absolute Gasteiger partial charge is 0.178 e. The Balaban J connectivity index is 2.53. The van der Waals surface area contributed by atoms with Crippen LogP contribution in [0.25, 0.3) is 0 Å². The molecule has 0 N–H and O–H groups in total. The molecular formula is C4H10S4. The van der Waals surface area contributed by atoms with Crippen LogP contribution in [0.2, 0.25) is 0 Å². The van der Waals surface area contributed by atoms with Crippen molar-refractivity contribution in [2.45, 2.75) is 0 Å². The van der Waals surface area contributed by atoms with E-state index in [0.29, 0.717) is 0 Å². The minimum Gasteiger partial charge on any atom is -0.178 e. The normalized spacial score (nSPS) is 9.75. The predicted molar refractivity (Wildman–Crippen MR) is 52.6 cm³/mol. The van der Waals surface area contributed by atoms with Crippen molar-refractivity contribution < 1.29 is 0 Å². The van der Waals surface area contributed by atoms with Gasteiger partial charge in [0.2, 0.25) is 0 Å². The van der Waals surface area contributed by atoms with Crippen LogP contribution in [0.3, 0.4) is 0 Å². The summed E-state index contributed by atoms with van der Waals surface area (Å²) >= 11 is 8.14. The van der Waals surface area contributed by atoms with Crippen LogP contribution >= 0.6 is 46.8 Å². The highest BCUT2D eigenvalue weighted by Gasteiger charge is 1.84. The van der Waals surface area contributed by atoms with Gasteiger partial charge in [-0.15, -0.1) is 0 Å². The second-order valence-electron chi connectivity index (χ2n) is 1.09. The van der Waals surface area contributed by atoms with E-state index in [0.717, 1.165) is 23.0 Å². The summed E-state index contributed by atoms with van der Waals surface area (Å²) in [4.78, 5) is 0. The van der Waals surface area contributed by atoms with Gasteiger partial charge in [0.05, 0.1) is 0 Å². The average molecular weight is 186 g/mol. The summed E-state index contributed by atoms with van der Waals surface area (Å²) in [6.07, 6.45) is 0. The second-order valence-corrected chi connectivity index (χ2v) is 4.69. The van der Waals surface area contributed by atoms with Gasteiger partial charge in [0, 0.05) is 23.0 Å². The molecule has 0 aromatic heterocycles. The van der Waals surface area contributed by atoms with Crippen molar-refractivity contribution in [2.75, 3.05) is 23.0 Å². The topological polar surface area (TPSA) is 0 Å². The highest BCUT2D eigenvalue weighted by molar-refractivity contribution is 8.76. The van der Waals surface area contributed by atoms with E-state index in [2.05, 4.69) is 25.3 Å². The minimum absolute atomic E-state index is 0.976. The van der Waals surface area contributed by atoms with E-state index < -0.39 is 0 Å². The van der Waals surface area contributed by atoms with Gasteiger partial charge < -0.3 is 0 Å². The lowest BCUT2D eigenvalue weighted by Gasteiger charge is -1.93. The molecule has 4 heteroatoms. The van der Waals surface area contributed by atoms with Gasteiger partial charge in [0.25, 0.3) is 0 Å². The molecule has 0 unspecified atom stereocenters. The van der Waals surface area contributed by atoms with Crippen molar-refractivity contribution in [3.8, 4) is 0 Å². The van der Waals surface area contributed by atoms with Crippen molar-refractivity contribution in [3.05, 3.63) is 0 Å². The number of thiol groups is 2. The van der Waals surface area contributed by atoms with Crippen LogP contribution in [0.5, 0.6) is 0 Å². The fourth-order valence-electron chi connectivity index (χ4n) is 0.192. The molecule has 0 fully saturated rings. The maximum atomic E-state index is 4.07. The Hall–Kier alpha value is 1.40. The third-order valence-electron chi connectivity index (χ3n) is 0.433. The first kappa shape index (κ1) is 9.40. The quantitative estimate of drug-likeness (QED) is 0.384. The molecule has 0 atom stereocenters. The van der Waals surface area contributed by atoms with E-state index in [1.54, 1.807) is 0 Å².